The summed E-state index contributed by atoms with van der Waals surface area (Å²) in [5.41, 5.74) is 2.90. The summed E-state index contributed by atoms with van der Waals surface area (Å²) in [6, 6.07) is 16.4. The molecule has 2 atom stereocenters. The van der Waals surface area contributed by atoms with Gasteiger partial charge < -0.3 is 14.4 Å². The van der Waals surface area contributed by atoms with Crippen LogP contribution >= 0.6 is 11.6 Å². The van der Waals surface area contributed by atoms with Crippen LogP contribution in [0.25, 0.3) is 11.4 Å². The maximum absolute atomic E-state index is 13.5. The minimum atomic E-state index is -0.670. The molecule has 1 unspecified atom stereocenters. The van der Waals surface area contributed by atoms with E-state index in [-0.39, 0.29) is 5.91 Å². The van der Waals surface area contributed by atoms with E-state index in [1.165, 1.54) is 5.56 Å². The van der Waals surface area contributed by atoms with Crippen LogP contribution < -0.4 is 0 Å². The summed E-state index contributed by atoms with van der Waals surface area (Å²) in [4.78, 5) is 22.4. The molecule has 1 aromatic heterocycles. The third-order valence-electron chi connectivity index (χ3n) is 8.39. The number of hydrogen-bond acceptors (Lipinski definition) is 3. The van der Waals surface area contributed by atoms with Gasteiger partial charge in [-0.1, -0.05) is 48.0 Å². The molecule has 0 N–H and O–H groups in total. The number of nitrogens with zero attached hydrogens (tertiary/aromatic N) is 4. The Morgan fingerprint density at radius 1 is 1.06 bits per heavy atom. The van der Waals surface area contributed by atoms with E-state index in [2.05, 4.69) is 44.8 Å². The summed E-state index contributed by atoms with van der Waals surface area (Å²) in [6.07, 6.45) is 6.96. The quantitative estimate of drug-likeness (QED) is 0.451. The summed E-state index contributed by atoms with van der Waals surface area (Å²) in [5, 5.41) is 0.695. The number of rotatable bonds is 6. The highest BCUT2D eigenvalue weighted by Gasteiger charge is 2.45. The van der Waals surface area contributed by atoms with Crippen molar-refractivity contribution in [3.8, 4) is 11.4 Å². The zero-order chi connectivity index (χ0) is 24.7. The molecule has 2 saturated heterocycles. The molecule has 3 aliphatic rings. The minimum Gasteiger partial charge on any atom is -0.343 e. The zero-order valence-electron chi connectivity index (χ0n) is 20.5. The van der Waals surface area contributed by atoms with Crippen LogP contribution in [0.4, 0.5) is 4.39 Å². The Morgan fingerprint density at radius 2 is 1.83 bits per heavy atom. The second-order valence-corrected chi connectivity index (χ2v) is 10.9. The predicted molar refractivity (Wildman–Crippen MR) is 140 cm³/mol. The number of piperidine rings is 1. The third kappa shape index (κ3) is 4.14. The van der Waals surface area contributed by atoms with Crippen LogP contribution in [0.15, 0.2) is 60.9 Å². The van der Waals surface area contributed by atoms with Crippen molar-refractivity contribution in [3.05, 3.63) is 77.1 Å². The van der Waals surface area contributed by atoms with Gasteiger partial charge in [0.05, 0.1) is 5.54 Å². The Morgan fingerprint density at radius 3 is 2.58 bits per heavy atom. The lowest BCUT2D eigenvalue weighted by molar-refractivity contribution is -0.133. The van der Waals surface area contributed by atoms with E-state index in [1.54, 1.807) is 0 Å². The van der Waals surface area contributed by atoms with Gasteiger partial charge in [-0.2, -0.15) is 0 Å². The van der Waals surface area contributed by atoms with E-state index >= 15 is 0 Å². The average Bonchev–Trinajstić information content (AvgIpc) is 3.60. The predicted octanol–water partition coefficient (Wildman–Crippen LogP) is 5.37. The standard InChI is InChI=1S/C29H32ClFN4O/c30-23-7-5-22(6-8-23)29(26-4-2-1-3-25(26)28-32-14-18-35(28)29)13-9-27(36)34-16-10-21(11-17-34)19-33-15-12-24(31)20-33/h1-8,14,18,21,24H,9-13,15-17,19-20H2/t24-,29?/m1/s1. The van der Waals surface area contributed by atoms with Crippen LogP contribution in [0.2, 0.25) is 5.02 Å². The van der Waals surface area contributed by atoms with E-state index in [0.29, 0.717) is 36.7 Å². The SMILES string of the molecule is O=C(CCC1(c2ccc(Cl)cc2)c2ccccc2-c2nccn21)N1CCC(CN2CC[C@@H](F)C2)CC1. The van der Waals surface area contributed by atoms with E-state index < -0.39 is 11.7 Å². The van der Waals surface area contributed by atoms with E-state index in [9.17, 15) is 9.18 Å². The van der Waals surface area contributed by atoms with Crippen molar-refractivity contribution >= 4 is 17.5 Å². The molecule has 1 amide bonds. The van der Waals surface area contributed by atoms with Gasteiger partial charge in [0, 0.05) is 62.1 Å². The van der Waals surface area contributed by atoms with Gasteiger partial charge in [0.2, 0.25) is 5.91 Å². The number of carbonyl (C=O) groups excluding carboxylic acids is 1. The van der Waals surface area contributed by atoms with Gasteiger partial charge >= 0.3 is 0 Å². The lowest BCUT2D eigenvalue weighted by Crippen LogP contribution is -2.42. The maximum Gasteiger partial charge on any atom is 0.222 e. The molecule has 3 aliphatic heterocycles. The summed E-state index contributed by atoms with van der Waals surface area (Å²) >= 11 is 6.24. The fourth-order valence-electron chi connectivity index (χ4n) is 6.53. The van der Waals surface area contributed by atoms with Gasteiger partial charge in [0.1, 0.15) is 12.0 Å². The van der Waals surface area contributed by atoms with Crippen molar-refractivity contribution in [1.29, 1.82) is 0 Å². The molecule has 3 aromatic rings. The molecule has 188 valence electrons. The first-order valence-electron chi connectivity index (χ1n) is 13.1. The average molecular weight is 507 g/mol. The van der Waals surface area contributed by atoms with Gasteiger partial charge in [0.25, 0.3) is 0 Å². The van der Waals surface area contributed by atoms with Gasteiger partial charge in [-0.3, -0.25) is 4.79 Å². The first-order valence-corrected chi connectivity index (χ1v) is 13.5. The van der Waals surface area contributed by atoms with Crippen molar-refractivity contribution in [2.24, 2.45) is 5.92 Å². The fraction of sp³-hybridized carbons (Fsp3) is 0.448. The highest BCUT2D eigenvalue weighted by atomic mass is 35.5. The van der Waals surface area contributed by atoms with Crippen molar-refractivity contribution in [3.63, 3.8) is 0 Å². The lowest BCUT2D eigenvalue weighted by atomic mass is 9.79. The number of alkyl halides is 1. The van der Waals surface area contributed by atoms with Crippen LogP contribution in [0.1, 0.15) is 43.2 Å². The number of likely N-dealkylation sites (tertiary alicyclic amines) is 2. The van der Waals surface area contributed by atoms with Gasteiger partial charge in [-0.25, -0.2) is 9.37 Å². The molecule has 0 spiro atoms. The first-order chi connectivity index (χ1) is 17.5. The largest absolute Gasteiger partial charge is 0.343 e. The number of imidazole rings is 1. The molecule has 5 nitrogen and oxygen atoms in total. The summed E-state index contributed by atoms with van der Waals surface area (Å²) in [6.45, 7) is 3.98. The van der Waals surface area contributed by atoms with Crippen molar-refractivity contribution in [2.75, 3.05) is 32.7 Å². The topological polar surface area (TPSA) is 41.4 Å². The smallest absolute Gasteiger partial charge is 0.222 e. The summed E-state index contributed by atoms with van der Waals surface area (Å²) < 4.78 is 15.8. The van der Waals surface area contributed by atoms with Crippen molar-refractivity contribution in [2.45, 2.75) is 43.8 Å². The molecule has 0 bridgehead atoms. The summed E-state index contributed by atoms with van der Waals surface area (Å²) in [5.74, 6) is 1.69. The molecular formula is C29H32ClFN4O. The maximum atomic E-state index is 13.5. The number of hydrogen-bond donors (Lipinski definition) is 0. The van der Waals surface area contributed by atoms with E-state index in [4.69, 9.17) is 11.6 Å². The monoisotopic (exact) mass is 506 g/mol. The number of amides is 1. The summed E-state index contributed by atoms with van der Waals surface area (Å²) in [7, 11) is 0. The van der Waals surface area contributed by atoms with E-state index in [1.807, 2.05) is 35.5 Å². The van der Waals surface area contributed by atoms with Gasteiger partial charge in [-0.05, 0) is 54.9 Å². The molecule has 2 aromatic carbocycles. The Kier molecular flexibility index (Phi) is 6.34. The molecule has 36 heavy (non-hydrogen) atoms. The van der Waals surface area contributed by atoms with Crippen molar-refractivity contribution in [1.82, 2.24) is 19.4 Å². The molecule has 4 heterocycles. The third-order valence-corrected chi connectivity index (χ3v) is 8.64. The fourth-order valence-corrected chi connectivity index (χ4v) is 6.65. The highest BCUT2D eigenvalue weighted by molar-refractivity contribution is 6.30. The van der Waals surface area contributed by atoms with Gasteiger partial charge in [0.15, 0.2) is 0 Å². The molecule has 0 aliphatic carbocycles. The number of aromatic nitrogens is 2. The Bertz CT molecular complexity index is 1240. The zero-order valence-corrected chi connectivity index (χ0v) is 21.2. The Labute approximate surface area is 216 Å². The molecule has 6 rings (SSSR count). The Balaban J connectivity index is 1.19. The number of fused-ring (bicyclic) bond motifs is 3. The second kappa shape index (κ2) is 9.64. The molecule has 0 saturated carbocycles. The number of halogens is 2. The second-order valence-electron chi connectivity index (χ2n) is 10.5. The number of benzene rings is 2. The van der Waals surface area contributed by atoms with Gasteiger partial charge in [-0.15, -0.1) is 0 Å². The van der Waals surface area contributed by atoms with Crippen LogP contribution in [-0.2, 0) is 10.3 Å². The minimum absolute atomic E-state index is 0.206. The molecule has 2 fully saturated rings. The number of carbonyl (C=O) groups is 1. The normalized spacial score (nSPS) is 24.2. The first kappa shape index (κ1) is 23.7. The van der Waals surface area contributed by atoms with Crippen LogP contribution in [-0.4, -0.2) is 64.2 Å². The Hall–Kier alpha value is -2.70. The molecular weight excluding hydrogens is 475 g/mol. The lowest BCUT2D eigenvalue weighted by Gasteiger charge is -2.36. The van der Waals surface area contributed by atoms with E-state index in [0.717, 1.165) is 56.0 Å². The van der Waals surface area contributed by atoms with Crippen LogP contribution in [0, 0.1) is 5.92 Å². The van der Waals surface area contributed by atoms with Crippen molar-refractivity contribution < 1.29 is 9.18 Å². The molecule has 7 heteroatoms. The van der Waals surface area contributed by atoms with Crippen LogP contribution in [0.5, 0.6) is 0 Å². The highest BCUT2D eigenvalue weighted by Crippen LogP contribution is 2.49. The van der Waals surface area contributed by atoms with Crippen LogP contribution in [0.3, 0.4) is 0 Å². The molecule has 0 radical (unpaired) electrons.